The Morgan fingerprint density at radius 2 is 1.91 bits per heavy atom. The second kappa shape index (κ2) is 9.48. The zero-order chi connectivity index (χ0) is 17.5. The van der Waals surface area contributed by atoms with Crippen LogP contribution in [-0.4, -0.2) is 66.3 Å². The number of carbonyl (C=O) groups is 1. The first-order chi connectivity index (χ1) is 10.7. The molecule has 1 heterocycles. The van der Waals surface area contributed by atoms with Crippen molar-refractivity contribution in [1.82, 2.24) is 15.1 Å². The lowest BCUT2D eigenvalue weighted by Gasteiger charge is -2.35. The molecule has 1 N–H and O–H groups in total. The molecule has 0 aromatic rings. The van der Waals surface area contributed by atoms with Gasteiger partial charge >= 0.3 is 6.09 Å². The maximum atomic E-state index is 12.1. The molecule has 0 unspecified atom stereocenters. The van der Waals surface area contributed by atoms with Gasteiger partial charge in [0.15, 0.2) is 0 Å². The van der Waals surface area contributed by atoms with Gasteiger partial charge in [-0.2, -0.15) is 0 Å². The predicted molar refractivity (Wildman–Crippen MR) is 95.8 cm³/mol. The van der Waals surface area contributed by atoms with E-state index in [0.29, 0.717) is 18.6 Å². The quantitative estimate of drug-likeness (QED) is 0.730. The molecule has 0 radical (unpaired) electrons. The predicted octanol–water partition coefficient (Wildman–Crippen LogP) is 3.10. The molecule has 0 atom stereocenters. The number of hydrogen-bond donors (Lipinski definition) is 1. The Morgan fingerprint density at radius 1 is 1.30 bits per heavy atom. The van der Waals surface area contributed by atoms with Crippen LogP contribution in [0.25, 0.3) is 0 Å². The van der Waals surface area contributed by atoms with Crippen molar-refractivity contribution in [3.8, 4) is 0 Å². The van der Waals surface area contributed by atoms with Crippen LogP contribution in [0.2, 0.25) is 0 Å². The summed E-state index contributed by atoms with van der Waals surface area (Å²) in [5, 5.41) is 3.64. The van der Waals surface area contributed by atoms with Gasteiger partial charge in [0, 0.05) is 25.2 Å². The molecule has 0 spiro atoms. The van der Waals surface area contributed by atoms with Crippen molar-refractivity contribution >= 4 is 6.09 Å². The molecule has 1 saturated heterocycles. The highest BCUT2D eigenvalue weighted by Gasteiger charge is 2.22. The molecule has 0 aliphatic carbocycles. The van der Waals surface area contributed by atoms with Gasteiger partial charge in [-0.1, -0.05) is 0 Å². The smallest absolute Gasteiger partial charge is 0.410 e. The van der Waals surface area contributed by atoms with Crippen LogP contribution in [0, 0.1) is 0 Å². The SMILES string of the molecule is CCN(CCCNC1CCN(C(C)C)CC1)C(=O)OC(C)(C)C. The number of hydrogen-bond acceptors (Lipinski definition) is 4. The highest BCUT2D eigenvalue weighted by molar-refractivity contribution is 5.68. The first kappa shape index (κ1) is 20.2. The number of amides is 1. The number of nitrogens with one attached hydrogen (secondary N) is 1. The van der Waals surface area contributed by atoms with Gasteiger partial charge in [-0.25, -0.2) is 4.79 Å². The summed E-state index contributed by atoms with van der Waals surface area (Å²) in [6.45, 7) is 17.0. The average Bonchev–Trinajstić information content (AvgIpc) is 2.45. The van der Waals surface area contributed by atoms with Gasteiger partial charge in [-0.3, -0.25) is 0 Å². The van der Waals surface area contributed by atoms with Crippen molar-refractivity contribution < 1.29 is 9.53 Å². The van der Waals surface area contributed by atoms with Crippen LogP contribution in [0.5, 0.6) is 0 Å². The minimum Gasteiger partial charge on any atom is -0.444 e. The van der Waals surface area contributed by atoms with Crippen molar-refractivity contribution in [2.45, 2.75) is 78.5 Å². The topological polar surface area (TPSA) is 44.8 Å². The summed E-state index contributed by atoms with van der Waals surface area (Å²) >= 11 is 0. The number of carbonyl (C=O) groups excluding carboxylic acids is 1. The van der Waals surface area contributed by atoms with Crippen LogP contribution < -0.4 is 5.32 Å². The summed E-state index contributed by atoms with van der Waals surface area (Å²) in [5.41, 5.74) is -0.423. The summed E-state index contributed by atoms with van der Waals surface area (Å²) < 4.78 is 5.43. The van der Waals surface area contributed by atoms with Crippen molar-refractivity contribution in [3.05, 3.63) is 0 Å². The normalized spacial score (nSPS) is 17.5. The van der Waals surface area contributed by atoms with E-state index in [-0.39, 0.29) is 6.09 Å². The zero-order valence-corrected chi connectivity index (χ0v) is 16.0. The first-order valence-corrected chi connectivity index (χ1v) is 9.18. The van der Waals surface area contributed by atoms with Crippen LogP contribution in [0.15, 0.2) is 0 Å². The second-order valence-corrected chi connectivity index (χ2v) is 7.77. The molecule has 1 amide bonds. The summed E-state index contributed by atoms with van der Waals surface area (Å²) in [4.78, 5) is 16.4. The minimum atomic E-state index is -0.423. The first-order valence-electron chi connectivity index (χ1n) is 9.18. The van der Waals surface area contributed by atoms with Gasteiger partial charge in [0.1, 0.15) is 5.60 Å². The number of ether oxygens (including phenoxy) is 1. The second-order valence-electron chi connectivity index (χ2n) is 7.77. The highest BCUT2D eigenvalue weighted by Crippen LogP contribution is 2.13. The van der Waals surface area contributed by atoms with Crippen LogP contribution in [-0.2, 0) is 4.74 Å². The van der Waals surface area contributed by atoms with Gasteiger partial charge in [0.25, 0.3) is 0 Å². The summed E-state index contributed by atoms with van der Waals surface area (Å²) in [6.07, 6.45) is 3.21. The van der Waals surface area contributed by atoms with Gasteiger partial charge in [-0.05, 0) is 80.4 Å². The third-order valence-corrected chi connectivity index (χ3v) is 4.33. The van der Waals surface area contributed by atoms with E-state index in [1.165, 1.54) is 25.9 Å². The van der Waals surface area contributed by atoms with Gasteiger partial charge in [-0.15, -0.1) is 0 Å². The third kappa shape index (κ3) is 8.02. The van der Waals surface area contributed by atoms with Crippen LogP contribution in [0.3, 0.4) is 0 Å². The average molecular weight is 328 g/mol. The fraction of sp³-hybridized carbons (Fsp3) is 0.944. The van der Waals surface area contributed by atoms with Gasteiger partial charge in [0.2, 0.25) is 0 Å². The van der Waals surface area contributed by atoms with Crippen molar-refractivity contribution in [2.75, 3.05) is 32.7 Å². The van der Waals surface area contributed by atoms with Gasteiger partial charge < -0.3 is 19.9 Å². The Kier molecular flexibility index (Phi) is 8.34. The molecule has 0 bridgehead atoms. The molecular formula is C18H37N3O2. The molecule has 0 saturated carbocycles. The number of rotatable bonds is 7. The van der Waals surface area contributed by atoms with Crippen molar-refractivity contribution in [3.63, 3.8) is 0 Å². The maximum Gasteiger partial charge on any atom is 0.410 e. The monoisotopic (exact) mass is 327 g/mol. The molecule has 0 aromatic heterocycles. The Hall–Kier alpha value is -0.810. The molecule has 5 nitrogen and oxygen atoms in total. The van der Waals surface area contributed by atoms with E-state index in [2.05, 4.69) is 24.1 Å². The van der Waals surface area contributed by atoms with E-state index >= 15 is 0 Å². The van der Waals surface area contributed by atoms with E-state index in [0.717, 1.165) is 19.5 Å². The molecule has 0 aromatic carbocycles. The van der Waals surface area contributed by atoms with Gasteiger partial charge in [0.05, 0.1) is 0 Å². The van der Waals surface area contributed by atoms with E-state index in [4.69, 9.17) is 4.74 Å². The van der Waals surface area contributed by atoms with Crippen LogP contribution in [0.4, 0.5) is 4.79 Å². The fourth-order valence-corrected chi connectivity index (χ4v) is 2.90. The van der Waals surface area contributed by atoms with E-state index in [1.54, 1.807) is 4.90 Å². The van der Waals surface area contributed by atoms with E-state index in [9.17, 15) is 4.79 Å². The summed E-state index contributed by atoms with van der Waals surface area (Å²) in [6, 6.07) is 1.28. The molecule has 1 aliphatic rings. The zero-order valence-electron chi connectivity index (χ0n) is 16.0. The van der Waals surface area contributed by atoms with Crippen LogP contribution in [0.1, 0.15) is 60.8 Å². The molecule has 23 heavy (non-hydrogen) atoms. The Balaban J connectivity index is 2.19. The maximum absolute atomic E-state index is 12.1. The van der Waals surface area contributed by atoms with Crippen molar-refractivity contribution in [1.29, 1.82) is 0 Å². The lowest BCUT2D eigenvalue weighted by atomic mass is 10.0. The lowest BCUT2D eigenvalue weighted by Crippen LogP contribution is -2.45. The summed E-state index contributed by atoms with van der Waals surface area (Å²) in [7, 11) is 0. The number of piperidine rings is 1. The molecule has 1 fully saturated rings. The van der Waals surface area contributed by atoms with Crippen LogP contribution >= 0.6 is 0 Å². The molecular weight excluding hydrogens is 290 g/mol. The Bertz CT molecular complexity index is 345. The molecule has 1 aliphatic heterocycles. The largest absolute Gasteiger partial charge is 0.444 e. The third-order valence-electron chi connectivity index (χ3n) is 4.33. The number of nitrogens with zero attached hydrogens (tertiary/aromatic N) is 2. The standard InChI is InChI=1S/C18H37N3O2/c1-7-20(17(22)23-18(4,5)6)12-8-11-19-16-9-13-21(14-10-16)15(2)3/h15-16,19H,7-14H2,1-6H3. The van der Waals surface area contributed by atoms with Crippen molar-refractivity contribution in [2.24, 2.45) is 0 Å². The lowest BCUT2D eigenvalue weighted by molar-refractivity contribution is 0.0258. The van der Waals surface area contributed by atoms with E-state index < -0.39 is 5.60 Å². The molecule has 1 rings (SSSR count). The van der Waals surface area contributed by atoms with E-state index in [1.807, 2.05) is 27.7 Å². The number of likely N-dealkylation sites (tertiary alicyclic amines) is 1. The minimum absolute atomic E-state index is 0.203. The molecule has 5 heteroatoms. The highest BCUT2D eigenvalue weighted by atomic mass is 16.6. The Labute approximate surface area is 142 Å². The summed E-state index contributed by atoms with van der Waals surface area (Å²) in [5.74, 6) is 0. The Morgan fingerprint density at radius 3 is 2.39 bits per heavy atom. The fourth-order valence-electron chi connectivity index (χ4n) is 2.90. The molecule has 136 valence electrons.